The highest BCUT2D eigenvalue weighted by Gasteiger charge is 2.19. The number of methoxy groups -OCH3 is 2. The highest BCUT2D eigenvalue weighted by Crippen LogP contribution is 2.29. The number of nitrogens with zero attached hydrogens (tertiary/aromatic N) is 2. The Labute approximate surface area is 177 Å². The van der Waals surface area contributed by atoms with Crippen molar-refractivity contribution < 1.29 is 14.6 Å². The third kappa shape index (κ3) is 4.60. The monoisotopic (exact) mass is 407 g/mol. The van der Waals surface area contributed by atoms with Gasteiger partial charge in [0, 0.05) is 36.2 Å². The second-order valence-corrected chi connectivity index (χ2v) is 7.80. The normalized spacial score (nSPS) is 18.8. The van der Waals surface area contributed by atoms with Gasteiger partial charge in [-0.1, -0.05) is 6.07 Å². The maximum absolute atomic E-state index is 9.67. The van der Waals surface area contributed by atoms with Gasteiger partial charge in [-0.05, 0) is 67.6 Å². The lowest BCUT2D eigenvalue weighted by atomic mass is 9.93. The van der Waals surface area contributed by atoms with Crippen LogP contribution >= 0.6 is 0 Å². The smallest absolute Gasteiger partial charge is 0.161 e. The summed E-state index contributed by atoms with van der Waals surface area (Å²) in [6, 6.07) is 14.8. The zero-order chi connectivity index (χ0) is 20.9. The van der Waals surface area contributed by atoms with E-state index < -0.39 is 0 Å². The quantitative estimate of drug-likeness (QED) is 0.610. The van der Waals surface area contributed by atoms with Crippen LogP contribution < -0.4 is 14.8 Å². The standard InChI is InChI=1S/C24H29N3O3/c1-29-22-12-3-17(15-23(22)30-2)16-27-14-13-25-24(27)18-4-6-19(7-5-18)26-20-8-10-21(28)11-9-20/h3-7,12-15,20-21,26,28H,8-11,16H2,1-2H3. The Morgan fingerprint density at radius 3 is 2.43 bits per heavy atom. The Kier molecular flexibility index (Phi) is 6.23. The van der Waals surface area contributed by atoms with Gasteiger partial charge in [-0.3, -0.25) is 0 Å². The van der Waals surface area contributed by atoms with E-state index in [0.717, 1.165) is 59.8 Å². The van der Waals surface area contributed by atoms with Crippen LogP contribution in [-0.2, 0) is 6.54 Å². The Morgan fingerprint density at radius 1 is 1.00 bits per heavy atom. The second kappa shape index (κ2) is 9.22. The first kappa shape index (κ1) is 20.3. The first-order chi connectivity index (χ1) is 14.7. The Balaban J connectivity index is 1.46. The molecular weight excluding hydrogens is 378 g/mol. The summed E-state index contributed by atoms with van der Waals surface area (Å²) in [6.45, 7) is 0.695. The summed E-state index contributed by atoms with van der Waals surface area (Å²) in [7, 11) is 3.29. The summed E-state index contributed by atoms with van der Waals surface area (Å²) in [5.41, 5.74) is 3.30. The first-order valence-electron chi connectivity index (χ1n) is 10.4. The van der Waals surface area contributed by atoms with Gasteiger partial charge in [-0.15, -0.1) is 0 Å². The number of ether oxygens (including phenoxy) is 2. The molecule has 1 saturated carbocycles. The molecule has 2 aromatic carbocycles. The Bertz CT molecular complexity index is 960. The van der Waals surface area contributed by atoms with Crippen LogP contribution in [0.2, 0.25) is 0 Å². The molecular formula is C24H29N3O3. The molecule has 2 N–H and O–H groups in total. The van der Waals surface area contributed by atoms with Crippen molar-refractivity contribution in [2.45, 2.75) is 44.4 Å². The molecule has 0 saturated heterocycles. The van der Waals surface area contributed by atoms with E-state index in [9.17, 15) is 5.11 Å². The highest BCUT2D eigenvalue weighted by molar-refractivity contribution is 5.60. The van der Waals surface area contributed by atoms with E-state index in [-0.39, 0.29) is 6.10 Å². The van der Waals surface area contributed by atoms with E-state index in [0.29, 0.717) is 12.6 Å². The lowest BCUT2D eigenvalue weighted by Crippen LogP contribution is -2.28. The number of rotatable bonds is 7. The van der Waals surface area contributed by atoms with Crippen LogP contribution in [0.1, 0.15) is 31.2 Å². The van der Waals surface area contributed by atoms with E-state index in [1.165, 1.54) is 0 Å². The van der Waals surface area contributed by atoms with Crippen LogP contribution in [0.25, 0.3) is 11.4 Å². The van der Waals surface area contributed by atoms with Crippen molar-refractivity contribution in [3.8, 4) is 22.9 Å². The first-order valence-corrected chi connectivity index (χ1v) is 10.4. The number of aliphatic hydroxyl groups is 1. The van der Waals surface area contributed by atoms with Crippen LogP contribution in [-0.4, -0.2) is 41.0 Å². The minimum Gasteiger partial charge on any atom is -0.493 e. The van der Waals surface area contributed by atoms with Crippen molar-refractivity contribution in [3.05, 3.63) is 60.4 Å². The molecule has 30 heavy (non-hydrogen) atoms. The topological polar surface area (TPSA) is 68.5 Å². The third-order valence-electron chi connectivity index (χ3n) is 5.73. The van der Waals surface area contributed by atoms with Gasteiger partial charge in [-0.25, -0.2) is 4.98 Å². The summed E-state index contributed by atoms with van der Waals surface area (Å²) in [6.07, 6.45) is 7.47. The molecule has 1 aliphatic carbocycles. The summed E-state index contributed by atoms with van der Waals surface area (Å²) >= 11 is 0. The molecule has 0 atom stereocenters. The molecule has 1 fully saturated rings. The Hall–Kier alpha value is -2.99. The van der Waals surface area contributed by atoms with Gasteiger partial charge < -0.3 is 24.5 Å². The number of benzene rings is 2. The van der Waals surface area contributed by atoms with Crippen molar-refractivity contribution >= 4 is 5.69 Å². The van der Waals surface area contributed by atoms with E-state index >= 15 is 0 Å². The van der Waals surface area contributed by atoms with Crippen molar-refractivity contribution in [3.63, 3.8) is 0 Å². The fraction of sp³-hybridized carbons (Fsp3) is 0.375. The van der Waals surface area contributed by atoms with Gasteiger partial charge >= 0.3 is 0 Å². The molecule has 3 aromatic rings. The summed E-state index contributed by atoms with van der Waals surface area (Å²) in [5, 5.41) is 13.3. The van der Waals surface area contributed by atoms with Gasteiger partial charge in [-0.2, -0.15) is 0 Å². The van der Waals surface area contributed by atoms with Gasteiger partial charge in [0.05, 0.1) is 20.3 Å². The molecule has 1 aromatic heterocycles. The average molecular weight is 408 g/mol. The number of hydrogen-bond acceptors (Lipinski definition) is 5. The van der Waals surface area contributed by atoms with Gasteiger partial charge in [0.1, 0.15) is 5.82 Å². The molecule has 0 radical (unpaired) electrons. The number of aliphatic hydroxyl groups excluding tert-OH is 1. The number of nitrogens with one attached hydrogen (secondary N) is 1. The molecule has 0 spiro atoms. The minimum atomic E-state index is -0.130. The predicted molar refractivity (Wildman–Crippen MR) is 118 cm³/mol. The van der Waals surface area contributed by atoms with Crippen LogP contribution in [0.15, 0.2) is 54.9 Å². The molecule has 1 heterocycles. The predicted octanol–water partition coefficient (Wildman–Crippen LogP) is 4.33. The molecule has 0 unspecified atom stereocenters. The second-order valence-electron chi connectivity index (χ2n) is 7.80. The molecule has 0 amide bonds. The third-order valence-corrected chi connectivity index (χ3v) is 5.73. The summed E-state index contributed by atoms with van der Waals surface area (Å²) < 4.78 is 12.9. The van der Waals surface area contributed by atoms with E-state index in [1.54, 1.807) is 14.2 Å². The molecule has 0 aliphatic heterocycles. The SMILES string of the molecule is COc1ccc(Cn2ccnc2-c2ccc(NC3CCC(O)CC3)cc2)cc1OC. The van der Waals surface area contributed by atoms with Crippen molar-refractivity contribution in [2.24, 2.45) is 0 Å². The molecule has 0 bridgehead atoms. The average Bonchev–Trinajstić information content (AvgIpc) is 3.24. The number of hydrogen-bond donors (Lipinski definition) is 2. The van der Waals surface area contributed by atoms with Crippen molar-refractivity contribution in [1.29, 1.82) is 0 Å². The van der Waals surface area contributed by atoms with E-state index in [1.807, 2.05) is 30.6 Å². The molecule has 1 aliphatic rings. The van der Waals surface area contributed by atoms with Crippen LogP contribution in [0.4, 0.5) is 5.69 Å². The largest absolute Gasteiger partial charge is 0.493 e. The number of aromatic nitrogens is 2. The van der Waals surface area contributed by atoms with E-state index in [4.69, 9.17) is 9.47 Å². The fourth-order valence-electron chi connectivity index (χ4n) is 4.04. The van der Waals surface area contributed by atoms with Crippen LogP contribution in [0.3, 0.4) is 0 Å². The van der Waals surface area contributed by atoms with E-state index in [2.05, 4.69) is 39.1 Å². The lowest BCUT2D eigenvalue weighted by Gasteiger charge is -2.27. The molecule has 6 heteroatoms. The fourth-order valence-corrected chi connectivity index (χ4v) is 4.04. The summed E-state index contributed by atoms with van der Waals surface area (Å²) in [5.74, 6) is 2.38. The zero-order valence-electron chi connectivity index (χ0n) is 17.5. The number of anilines is 1. The lowest BCUT2D eigenvalue weighted by molar-refractivity contribution is 0.126. The van der Waals surface area contributed by atoms with Crippen LogP contribution in [0, 0.1) is 0 Å². The molecule has 6 nitrogen and oxygen atoms in total. The summed E-state index contributed by atoms with van der Waals surface area (Å²) in [4.78, 5) is 4.57. The van der Waals surface area contributed by atoms with Crippen LogP contribution in [0.5, 0.6) is 11.5 Å². The molecule has 158 valence electrons. The number of imidazole rings is 1. The van der Waals surface area contributed by atoms with Gasteiger partial charge in [0.2, 0.25) is 0 Å². The Morgan fingerprint density at radius 2 is 1.73 bits per heavy atom. The van der Waals surface area contributed by atoms with Gasteiger partial charge in [0.15, 0.2) is 11.5 Å². The van der Waals surface area contributed by atoms with Gasteiger partial charge in [0.25, 0.3) is 0 Å². The maximum Gasteiger partial charge on any atom is 0.161 e. The van der Waals surface area contributed by atoms with Crippen molar-refractivity contribution in [1.82, 2.24) is 9.55 Å². The minimum absolute atomic E-state index is 0.130. The molecule has 4 rings (SSSR count). The highest BCUT2D eigenvalue weighted by atomic mass is 16.5. The van der Waals surface area contributed by atoms with Crippen molar-refractivity contribution in [2.75, 3.05) is 19.5 Å². The maximum atomic E-state index is 9.67. The zero-order valence-corrected chi connectivity index (χ0v) is 17.5.